The van der Waals surface area contributed by atoms with Crippen LogP contribution in [0.25, 0.3) is 0 Å². The first kappa shape index (κ1) is 15.1. The molecule has 0 amide bonds. The van der Waals surface area contributed by atoms with E-state index in [4.69, 9.17) is 4.74 Å². The van der Waals surface area contributed by atoms with Crippen LogP contribution in [-0.4, -0.2) is 48.0 Å². The second kappa shape index (κ2) is 6.41. The van der Waals surface area contributed by atoms with Crippen LogP contribution in [0.5, 0.6) is 0 Å². The molecule has 1 unspecified atom stereocenters. The smallest absolute Gasteiger partial charge is 0.182 e. The van der Waals surface area contributed by atoms with E-state index in [0.717, 1.165) is 32.1 Å². The number of methoxy groups -OCH3 is 1. The highest BCUT2D eigenvalue weighted by atomic mass is 19.1. The number of carbonyl (C=O) groups excluding carboxylic acids is 1. The highest BCUT2D eigenvalue weighted by molar-refractivity contribution is 5.94. The average Bonchev–Trinajstić information content (AvgIpc) is 2.46. The lowest BCUT2D eigenvalue weighted by atomic mass is 9.94. The minimum absolute atomic E-state index is 0.0466. The Morgan fingerprint density at radius 2 is 2.35 bits per heavy atom. The summed E-state index contributed by atoms with van der Waals surface area (Å²) in [6.45, 7) is 4.62. The van der Waals surface area contributed by atoms with Gasteiger partial charge in [-0.25, -0.2) is 4.39 Å². The molecule has 2 rings (SSSR count). The summed E-state index contributed by atoms with van der Waals surface area (Å²) in [7, 11) is 1.73. The third-order valence-corrected chi connectivity index (χ3v) is 3.90. The molecule has 0 bridgehead atoms. The van der Waals surface area contributed by atoms with Crippen LogP contribution in [0.2, 0.25) is 0 Å². The summed E-state index contributed by atoms with van der Waals surface area (Å²) in [4.78, 5) is 18.1. The van der Waals surface area contributed by atoms with Crippen molar-refractivity contribution in [2.24, 2.45) is 0 Å². The number of rotatable bonds is 5. The van der Waals surface area contributed by atoms with Crippen molar-refractivity contribution in [3.8, 4) is 0 Å². The number of likely N-dealkylation sites (tertiary alicyclic amines) is 1. The lowest BCUT2D eigenvalue weighted by Gasteiger charge is -2.39. The minimum atomic E-state index is -0.423. The Hall–Kier alpha value is -1.33. The van der Waals surface area contributed by atoms with Crippen LogP contribution < -0.4 is 0 Å². The number of carbonyl (C=O) groups is 1. The van der Waals surface area contributed by atoms with Crippen molar-refractivity contribution in [2.75, 3.05) is 26.7 Å². The van der Waals surface area contributed by atoms with Gasteiger partial charge in [-0.15, -0.1) is 0 Å². The van der Waals surface area contributed by atoms with Gasteiger partial charge >= 0.3 is 0 Å². The molecule has 0 radical (unpaired) electrons. The second-order valence-corrected chi connectivity index (χ2v) is 5.57. The fourth-order valence-corrected chi connectivity index (χ4v) is 2.59. The first-order chi connectivity index (χ1) is 9.52. The molecule has 1 saturated heterocycles. The molecule has 5 heteroatoms. The largest absolute Gasteiger partial charge is 0.377 e. The number of pyridine rings is 1. The third-order valence-electron chi connectivity index (χ3n) is 3.90. The molecular weight excluding hydrogens is 259 g/mol. The molecular formula is C15H21FN2O2. The van der Waals surface area contributed by atoms with E-state index in [2.05, 4.69) is 16.8 Å². The molecule has 20 heavy (non-hydrogen) atoms. The monoisotopic (exact) mass is 280 g/mol. The first-order valence-electron chi connectivity index (χ1n) is 6.95. The molecule has 0 spiro atoms. The van der Waals surface area contributed by atoms with Crippen LogP contribution in [0.3, 0.4) is 0 Å². The van der Waals surface area contributed by atoms with E-state index in [-0.39, 0.29) is 11.4 Å². The Bertz CT molecular complexity index is 463. The summed E-state index contributed by atoms with van der Waals surface area (Å²) in [5.74, 6) is -0.469. The van der Waals surface area contributed by atoms with Crippen molar-refractivity contribution >= 4 is 5.78 Å². The van der Waals surface area contributed by atoms with E-state index in [1.54, 1.807) is 7.11 Å². The van der Waals surface area contributed by atoms with Gasteiger partial charge in [0.15, 0.2) is 5.78 Å². The van der Waals surface area contributed by atoms with Gasteiger partial charge in [0, 0.05) is 26.6 Å². The van der Waals surface area contributed by atoms with E-state index in [1.807, 2.05) is 0 Å². The molecule has 4 nitrogen and oxygen atoms in total. The van der Waals surface area contributed by atoms with Crippen LogP contribution in [0, 0.1) is 5.82 Å². The van der Waals surface area contributed by atoms with Gasteiger partial charge in [-0.05, 0) is 38.4 Å². The number of ether oxygens (including phenoxy) is 1. The molecule has 0 aromatic carbocycles. The first-order valence-corrected chi connectivity index (χ1v) is 6.95. The molecule has 1 atom stereocenters. The summed E-state index contributed by atoms with van der Waals surface area (Å²) in [6.07, 6.45) is 3.61. The number of piperidine rings is 1. The van der Waals surface area contributed by atoms with E-state index < -0.39 is 5.82 Å². The van der Waals surface area contributed by atoms with Gasteiger partial charge in [-0.2, -0.15) is 0 Å². The zero-order valence-electron chi connectivity index (χ0n) is 12.1. The zero-order chi connectivity index (χ0) is 14.6. The van der Waals surface area contributed by atoms with Crippen LogP contribution in [0.15, 0.2) is 18.3 Å². The van der Waals surface area contributed by atoms with E-state index in [0.29, 0.717) is 18.7 Å². The molecule has 1 aromatic heterocycles. The SMILES string of the molecule is COC1(C)CCCN(CCC(=O)c2ccc(F)cn2)C1. The van der Waals surface area contributed by atoms with E-state index in [1.165, 1.54) is 12.1 Å². The maximum atomic E-state index is 12.8. The fourth-order valence-electron chi connectivity index (χ4n) is 2.59. The zero-order valence-corrected chi connectivity index (χ0v) is 12.1. The number of nitrogens with zero attached hydrogens (tertiary/aromatic N) is 2. The normalized spacial score (nSPS) is 23.8. The van der Waals surface area contributed by atoms with Gasteiger partial charge < -0.3 is 9.64 Å². The van der Waals surface area contributed by atoms with Crippen molar-refractivity contribution < 1.29 is 13.9 Å². The Morgan fingerprint density at radius 3 is 3.00 bits per heavy atom. The van der Waals surface area contributed by atoms with Crippen molar-refractivity contribution in [1.82, 2.24) is 9.88 Å². The number of ketones is 1. The fraction of sp³-hybridized carbons (Fsp3) is 0.600. The van der Waals surface area contributed by atoms with Crippen LogP contribution in [-0.2, 0) is 4.74 Å². The number of hydrogen-bond donors (Lipinski definition) is 0. The van der Waals surface area contributed by atoms with Gasteiger partial charge in [0.1, 0.15) is 11.5 Å². The Balaban J connectivity index is 1.85. The van der Waals surface area contributed by atoms with E-state index >= 15 is 0 Å². The molecule has 110 valence electrons. The van der Waals surface area contributed by atoms with Gasteiger partial charge in [0.2, 0.25) is 0 Å². The standard InChI is InChI=1S/C15H21FN2O2/c1-15(20-2)7-3-8-18(11-15)9-6-14(19)13-5-4-12(16)10-17-13/h4-5,10H,3,6-9,11H2,1-2H3. The number of aromatic nitrogens is 1. The highest BCUT2D eigenvalue weighted by Crippen LogP contribution is 2.23. The maximum absolute atomic E-state index is 12.8. The molecule has 0 aliphatic carbocycles. The molecule has 2 heterocycles. The van der Waals surface area contributed by atoms with Crippen molar-refractivity contribution in [3.63, 3.8) is 0 Å². The Kier molecular flexibility index (Phi) is 4.83. The third kappa shape index (κ3) is 3.84. The van der Waals surface area contributed by atoms with Gasteiger partial charge in [-0.3, -0.25) is 9.78 Å². The van der Waals surface area contributed by atoms with Crippen molar-refractivity contribution in [2.45, 2.75) is 31.8 Å². The van der Waals surface area contributed by atoms with Crippen molar-refractivity contribution in [3.05, 3.63) is 29.8 Å². The Morgan fingerprint density at radius 1 is 1.55 bits per heavy atom. The average molecular weight is 280 g/mol. The van der Waals surface area contributed by atoms with Crippen LogP contribution in [0.1, 0.15) is 36.7 Å². The van der Waals surface area contributed by atoms with Gasteiger partial charge in [-0.1, -0.05) is 0 Å². The predicted molar refractivity (Wildman–Crippen MR) is 74.2 cm³/mol. The maximum Gasteiger partial charge on any atom is 0.182 e. The quantitative estimate of drug-likeness (QED) is 0.776. The van der Waals surface area contributed by atoms with E-state index in [9.17, 15) is 9.18 Å². The summed E-state index contributed by atoms with van der Waals surface area (Å²) < 4.78 is 18.3. The molecule has 0 N–H and O–H groups in total. The van der Waals surface area contributed by atoms with Gasteiger partial charge in [0.25, 0.3) is 0 Å². The second-order valence-electron chi connectivity index (χ2n) is 5.57. The molecule has 1 aromatic rings. The minimum Gasteiger partial charge on any atom is -0.377 e. The number of halogens is 1. The number of hydrogen-bond acceptors (Lipinski definition) is 4. The summed E-state index contributed by atoms with van der Waals surface area (Å²) in [6, 6.07) is 2.70. The lowest BCUT2D eigenvalue weighted by molar-refractivity contribution is -0.0503. The Labute approximate surface area is 118 Å². The molecule has 0 saturated carbocycles. The van der Waals surface area contributed by atoms with Crippen LogP contribution >= 0.6 is 0 Å². The highest BCUT2D eigenvalue weighted by Gasteiger charge is 2.30. The predicted octanol–water partition coefficient (Wildman–Crippen LogP) is 2.29. The molecule has 1 aliphatic heterocycles. The van der Waals surface area contributed by atoms with Crippen LogP contribution in [0.4, 0.5) is 4.39 Å². The van der Waals surface area contributed by atoms with Gasteiger partial charge in [0.05, 0.1) is 11.8 Å². The number of Topliss-reactive ketones (excluding diaryl/α,β-unsaturated/α-hetero) is 1. The molecule has 1 aliphatic rings. The lowest BCUT2D eigenvalue weighted by Crippen LogP contribution is -2.47. The topological polar surface area (TPSA) is 42.4 Å². The van der Waals surface area contributed by atoms with Crippen molar-refractivity contribution in [1.29, 1.82) is 0 Å². The summed E-state index contributed by atoms with van der Waals surface area (Å²) in [5, 5.41) is 0. The summed E-state index contributed by atoms with van der Waals surface area (Å²) in [5.41, 5.74) is 0.216. The molecule has 1 fully saturated rings. The summed E-state index contributed by atoms with van der Waals surface area (Å²) >= 11 is 0.